The molecule has 2 aliphatic heterocycles. The minimum Gasteiger partial charge on any atom is -0.490 e. The fraction of sp³-hybridized carbons (Fsp3) is 0.458. The number of hydrogen-bond acceptors (Lipinski definition) is 6. The zero-order chi connectivity index (χ0) is 28.5. The van der Waals surface area contributed by atoms with Crippen molar-refractivity contribution in [3.05, 3.63) is 59.2 Å². The lowest BCUT2D eigenvalue weighted by Crippen LogP contribution is -2.64. The van der Waals surface area contributed by atoms with Crippen LogP contribution in [0.2, 0.25) is 0 Å². The average Bonchev–Trinajstić information content (AvgIpc) is 2.85. The summed E-state index contributed by atoms with van der Waals surface area (Å²) in [5, 5.41) is 7.82. The largest absolute Gasteiger partial charge is 0.490 e. The molecule has 8 nitrogen and oxygen atoms in total. The van der Waals surface area contributed by atoms with E-state index < -0.39 is 113 Å². The van der Waals surface area contributed by atoms with Gasteiger partial charge in [0.05, 0.1) is 34.3 Å². The van der Waals surface area contributed by atoms with Gasteiger partial charge in [0.2, 0.25) is 10.0 Å². The van der Waals surface area contributed by atoms with Crippen LogP contribution in [0.3, 0.4) is 0 Å². The van der Waals surface area contributed by atoms with E-state index in [1.54, 1.807) is 0 Å². The number of aliphatic carboxylic acids is 1. The number of ether oxygens (including phenoxy) is 1. The molecule has 2 aromatic carbocycles. The summed E-state index contributed by atoms with van der Waals surface area (Å²) in [5.41, 5.74) is -1.72. The lowest BCUT2D eigenvalue weighted by atomic mass is 9.64. The van der Waals surface area contributed by atoms with Gasteiger partial charge in [-0.15, -0.1) is 0 Å². The van der Waals surface area contributed by atoms with Gasteiger partial charge in [-0.3, -0.25) is 4.79 Å². The Morgan fingerprint density at radius 3 is 2.36 bits per heavy atom. The van der Waals surface area contributed by atoms with Gasteiger partial charge >= 0.3 is 12.1 Å². The van der Waals surface area contributed by atoms with Gasteiger partial charge in [-0.2, -0.15) is 13.2 Å². The Morgan fingerprint density at radius 2 is 1.74 bits per heavy atom. The molecule has 1 saturated carbocycles. The summed E-state index contributed by atoms with van der Waals surface area (Å²) < 4.78 is 130. The molecule has 5 rings (SSSR count). The minimum atomic E-state index is -4.77. The SMILES string of the molecule is O=C(O)C[C@@H]1C[C@H]2[C@H](CC[C@@]3(S(=O)(=O)c4ccc(C(F)(F)F)cc4)c4c(F)ccc(F)c4OC[C@@H]23)NS1(=O)=O. The van der Waals surface area contributed by atoms with Crippen LogP contribution in [0, 0.1) is 23.5 Å². The second kappa shape index (κ2) is 9.13. The molecule has 212 valence electrons. The predicted molar refractivity (Wildman–Crippen MR) is 125 cm³/mol. The molecule has 0 spiro atoms. The van der Waals surface area contributed by atoms with E-state index in [0.29, 0.717) is 12.1 Å². The van der Waals surface area contributed by atoms with Gasteiger partial charge in [0, 0.05) is 12.0 Å². The lowest BCUT2D eigenvalue weighted by Gasteiger charge is -2.54. The monoisotopic (exact) mass is 595 g/mol. The maximum Gasteiger partial charge on any atom is 0.416 e. The maximum atomic E-state index is 15.5. The highest BCUT2D eigenvalue weighted by atomic mass is 32.2. The standard InChI is InChI=1S/C24H22F5NO7S2/c25-17-5-6-18(26)22-21(17)23(38(33,34)13-3-1-12(2-4-13)24(27,28)29)8-7-19-15(16(23)11-37-22)9-14(10-20(31)32)39(35,36)30-19/h1-6,14-16,19,30H,7-11H2,(H,31,32)/t14-,15+,16-,19-,23-/m0/s1. The molecule has 2 heterocycles. The van der Waals surface area contributed by atoms with E-state index in [1.807, 2.05) is 0 Å². The summed E-state index contributed by atoms with van der Waals surface area (Å²) >= 11 is 0. The first kappa shape index (κ1) is 27.8. The van der Waals surface area contributed by atoms with E-state index in [1.165, 1.54) is 0 Å². The highest BCUT2D eigenvalue weighted by molar-refractivity contribution is 7.92. The highest BCUT2D eigenvalue weighted by Gasteiger charge is 2.64. The van der Waals surface area contributed by atoms with Crippen LogP contribution < -0.4 is 9.46 Å². The van der Waals surface area contributed by atoms with Crippen LogP contribution in [0.1, 0.15) is 36.8 Å². The fourth-order valence-corrected chi connectivity index (χ4v) is 10.5. The Bertz CT molecular complexity index is 1540. The quantitative estimate of drug-likeness (QED) is 0.518. The first-order chi connectivity index (χ1) is 18.1. The van der Waals surface area contributed by atoms with Crippen molar-refractivity contribution in [3.63, 3.8) is 0 Å². The average molecular weight is 596 g/mol. The summed E-state index contributed by atoms with van der Waals surface area (Å²) in [6.45, 7) is -0.476. The number of carbonyl (C=O) groups is 1. The molecule has 5 atom stereocenters. The zero-order valence-electron chi connectivity index (χ0n) is 19.9. The first-order valence-electron chi connectivity index (χ1n) is 11.9. The summed E-state index contributed by atoms with van der Waals surface area (Å²) in [4.78, 5) is 10.8. The van der Waals surface area contributed by atoms with Crippen molar-refractivity contribution in [2.45, 2.75) is 52.8 Å². The normalized spacial score (nSPS) is 29.9. The van der Waals surface area contributed by atoms with Gasteiger partial charge in [0.1, 0.15) is 10.6 Å². The van der Waals surface area contributed by atoms with E-state index in [-0.39, 0.29) is 12.8 Å². The molecule has 1 saturated heterocycles. The Hall–Kier alpha value is -2.78. The summed E-state index contributed by atoms with van der Waals surface area (Å²) in [7, 11) is -8.86. The maximum absolute atomic E-state index is 15.5. The van der Waals surface area contributed by atoms with Gasteiger partial charge in [0.25, 0.3) is 0 Å². The molecule has 2 N–H and O–H groups in total. The Morgan fingerprint density at radius 1 is 1.10 bits per heavy atom. The number of rotatable bonds is 4. The van der Waals surface area contributed by atoms with Gasteiger partial charge < -0.3 is 9.84 Å². The molecule has 1 aliphatic carbocycles. The minimum absolute atomic E-state index is 0.143. The van der Waals surface area contributed by atoms with E-state index >= 15 is 4.39 Å². The second-order valence-corrected chi connectivity index (χ2v) is 14.2. The molecule has 3 aliphatic rings. The van der Waals surface area contributed by atoms with E-state index in [4.69, 9.17) is 4.74 Å². The van der Waals surface area contributed by atoms with Crippen molar-refractivity contribution in [3.8, 4) is 5.75 Å². The highest BCUT2D eigenvalue weighted by Crippen LogP contribution is 2.59. The van der Waals surface area contributed by atoms with E-state index in [0.717, 1.165) is 24.3 Å². The van der Waals surface area contributed by atoms with Gasteiger partial charge in [-0.25, -0.2) is 30.3 Å². The molecule has 15 heteroatoms. The van der Waals surface area contributed by atoms with Crippen LogP contribution in [0.25, 0.3) is 0 Å². The van der Waals surface area contributed by atoms with Crippen LogP contribution in [0.5, 0.6) is 5.75 Å². The van der Waals surface area contributed by atoms with Gasteiger partial charge in [-0.05, 0) is 61.6 Å². The lowest BCUT2D eigenvalue weighted by molar-refractivity contribution is -0.138. The van der Waals surface area contributed by atoms with Crippen LogP contribution >= 0.6 is 0 Å². The third-order valence-electron chi connectivity index (χ3n) is 8.01. The predicted octanol–water partition coefficient (Wildman–Crippen LogP) is 3.61. The molecule has 2 fully saturated rings. The molecule has 0 bridgehead atoms. The molecule has 0 aromatic heterocycles. The summed E-state index contributed by atoms with van der Waals surface area (Å²) in [6.07, 6.45) is -6.36. The number of halogens is 5. The van der Waals surface area contributed by atoms with Crippen molar-refractivity contribution < 1.29 is 53.4 Å². The third kappa shape index (κ3) is 4.29. The number of hydrogen-bond donors (Lipinski definition) is 2. The van der Waals surface area contributed by atoms with Gasteiger partial charge in [-0.1, -0.05) is 0 Å². The van der Waals surface area contributed by atoms with E-state index in [2.05, 4.69) is 4.72 Å². The van der Waals surface area contributed by atoms with Crippen molar-refractivity contribution >= 4 is 25.8 Å². The van der Waals surface area contributed by atoms with Crippen LogP contribution in [0.4, 0.5) is 22.0 Å². The topological polar surface area (TPSA) is 127 Å². The molecule has 0 radical (unpaired) electrons. The third-order valence-corrected chi connectivity index (χ3v) is 12.4. The number of sulfone groups is 1. The summed E-state index contributed by atoms with van der Waals surface area (Å²) in [5.74, 6) is -6.25. The Kier molecular flexibility index (Phi) is 6.50. The Balaban J connectivity index is 1.70. The van der Waals surface area contributed by atoms with Crippen molar-refractivity contribution in [1.29, 1.82) is 0 Å². The molecule has 2 aromatic rings. The van der Waals surface area contributed by atoms with Gasteiger partial charge in [0.15, 0.2) is 21.4 Å². The van der Waals surface area contributed by atoms with Crippen LogP contribution in [-0.2, 0) is 35.6 Å². The number of carboxylic acids is 1. The van der Waals surface area contributed by atoms with E-state index in [9.17, 15) is 44.3 Å². The second-order valence-electron chi connectivity index (χ2n) is 9.99. The van der Waals surface area contributed by atoms with Crippen LogP contribution in [-0.4, -0.2) is 45.8 Å². The van der Waals surface area contributed by atoms with Crippen LogP contribution in [0.15, 0.2) is 41.3 Å². The molecular weight excluding hydrogens is 573 g/mol. The molecule has 39 heavy (non-hydrogen) atoms. The molecule has 0 amide bonds. The van der Waals surface area contributed by atoms with Crippen molar-refractivity contribution in [2.24, 2.45) is 11.8 Å². The number of alkyl halides is 3. The number of fused-ring (bicyclic) bond motifs is 5. The fourth-order valence-electron chi connectivity index (χ4n) is 6.31. The number of nitrogens with one attached hydrogen (secondary N) is 1. The smallest absolute Gasteiger partial charge is 0.416 e. The Labute approximate surface area is 220 Å². The van der Waals surface area contributed by atoms with Crippen molar-refractivity contribution in [1.82, 2.24) is 4.72 Å². The number of carboxylic acid groups (broad SMARTS) is 1. The number of benzene rings is 2. The zero-order valence-corrected chi connectivity index (χ0v) is 21.5. The summed E-state index contributed by atoms with van der Waals surface area (Å²) in [6, 6.07) is 3.29. The molecular formula is C24H22F5NO7S2. The van der Waals surface area contributed by atoms with Crippen molar-refractivity contribution in [2.75, 3.05) is 6.61 Å². The first-order valence-corrected chi connectivity index (χ1v) is 14.9. The number of sulfonamides is 1. The molecule has 0 unspecified atom stereocenters.